The van der Waals surface area contributed by atoms with Gasteiger partial charge in [-0.25, -0.2) is 4.79 Å². The number of aliphatic hydroxyl groups excluding tert-OH is 1. The fraction of sp³-hybridized carbons (Fsp3) is 0.316. The molecule has 0 saturated carbocycles. The van der Waals surface area contributed by atoms with Gasteiger partial charge in [-0.05, 0) is 49.6 Å². The zero-order chi connectivity index (χ0) is 17.4. The summed E-state index contributed by atoms with van der Waals surface area (Å²) in [6.07, 6.45) is 0.458. The molecule has 3 N–H and O–H groups in total. The van der Waals surface area contributed by atoms with E-state index in [1.165, 1.54) is 0 Å². The van der Waals surface area contributed by atoms with E-state index < -0.39 is 0 Å². The van der Waals surface area contributed by atoms with Crippen LogP contribution in [0.4, 0.5) is 10.5 Å². The fourth-order valence-electron chi connectivity index (χ4n) is 2.51. The van der Waals surface area contributed by atoms with Crippen molar-refractivity contribution in [1.82, 2.24) is 5.32 Å². The number of carbonyl (C=O) groups is 1. The molecular formula is C19H24N2O3. The van der Waals surface area contributed by atoms with Crippen molar-refractivity contribution in [2.75, 3.05) is 18.5 Å². The van der Waals surface area contributed by atoms with Gasteiger partial charge in [-0.15, -0.1) is 0 Å². The molecule has 1 atom stereocenters. The lowest BCUT2D eigenvalue weighted by atomic mass is 10.0. The number of hydrogen-bond donors (Lipinski definition) is 3. The van der Waals surface area contributed by atoms with Crippen LogP contribution < -0.4 is 15.4 Å². The fourth-order valence-corrected chi connectivity index (χ4v) is 2.51. The number of aliphatic hydroxyl groups is 1. The number of hydrogen-bond acceptors (Lipinski definition) is 3. The minimum Gasteiger partial charge on any atom is -0.494 e. The molecule has 0 heterocycles. The van der Waals surface area contributed by atoms with Crippen molar-refractivity contribution < 1.29 is 14.6 Å². The summed E-state index contributed by atoms with van der Waals surface area (Å²) in [5.41, 5.74) is 2.62. The van der Waals surface area contributed by atoms with E-state index in [4.69, 9.17) is 4.74 Å². The quantitative estimate of drug-likeness (QED) is 0.727. The second kappa shape index (κ2) is 8.93. The summed E-state index contributed by atoms with van der Waals surface area (Å²) in [7, 11) is 0. The third-order valence-corrected chi connectivity index (χ3v) is 3.66. The van der Waals surface area contributed by atoms with Crippen molar-refractivity contribution in [1.29, 1.82) is 0 Å². The number of urea groups is 1. The summed E-state index contributed by atoms with van der Waals surface area (Å²) in [6.45, 7) is 4.48. The molecule has 0 radical (unpaired) electrons. The molecule has 0 aliphatic heterocycles. The van der Waals surface area contributed by atoms with Crippen molar-refractivity contribution in [3.8, 4) is 5.75 Å². The first kappa shape index (κ1) is 17.8. The predicted octanol–water partition coefficient (Wildman–Crippen LogP) is 3.64. The van der Waals surface area contributed by atoms with Crippen LogP contribution >= 0.6 is 0 Å². The van der Waals surface area contributed by atoms with E-state index in [9.17, 15) is 9.90 Å². The highest BCUT2D eigenvalue weighted by Gasteiger charge is 2.14. The van der Waals surface area contributed by atoms with E-state index in [1.807, 2.05) is 56.3 Å². The highest BCUT2D eigenvalue weighted by molar-refractivity contribution is 5.89. The Labute approximate surface area is 142 Å². The second-order valence-electron chi connectivity index (χ2n) is 5.49. The summed E-state index contributed by atoms with van der Waals surface area (Å²) in [5, 5.41) is 15.0. The van der Waals surface area contributed by atoms with Crippen molar-refractivity contribution in [2.45, 2.75) is 26.3 Å². The average Bonchev–Trinajstić information content (AvgIpc) is 2.58. The summed E-state index contributed by atoms with van der Waals surface area (Å²) in [6, 6.07) is 14.6. The van der Waals surface area contributed by atoms with Crippen LogP contribution in [0.5, 0.6) is 5.75 Å². The molecule has 2 rings (SSSR count). The van der Waals surface area contributed by atoms with E-state index in [0.29, 0.717) is 18.7 Å². The molecule has 0 fully saturated rings. The molecule has 0 aliphatic rings. The molecule has 24 heavy (non-hydrogen) atoms. The molecule has 0 aromatic heterocycles. The SMILES string of the molecule is CCOc1ccc(NC(=O)N[C@H](CCO)c2ccccc2)cc1C. The van der Waals surface area contributed by atoms with Gasteiger partial charge in [-0.3, -0.25) is 0 Å². The summed E-state index contributed by atoms with van der Waals surface area (Å²) >= 11 is 0. The van der Waals surface area contributed by atoms with Crippen LogP contribution in [-0.4, -0.2) is 24.4 Å². The summed E-state index contributed by atoms with van der Waals surface area (Å²) in [4.78, 5) is 12.3. The lowest BCUT2D eigenvalue weighted by molar-refractivity contribution is 0.239. The number of rotatable bonds is 7. The Morgan fingerprint density at radius 3 is 2.58 bits per heavy atom. The van der Waals surface area contributed by atoms with Gasteiger partial charge in [0.1, 0.15) is 5.75 Å². The number of benzene rings is 2. The Bertz CT molecular complexity index is 659. The number of nitrogens with one attached hydrogen (secondary N) is 2. The number of amides is 2. The molecule has 128 valence electrons. The van der Waals surface area contributed by atoms with Crippen molar-refractivity contribution in [2.24, 2.45) is 0 Å². The Hall–Kier alpha value is -2.53. The van der Waals surface area contributed by atoms with Crippen LogP contribution in [0.25, 0.3) is 0 Å². The van der Waals surface area contributed by atoms with Crippen LogP contribution in [0.15, 0.2) is 48.5 Å². The van der Waals surface area contributed by atoms with Crippen LogP contribution in [-0.2, 0) is 0 Å². The van der Waals surface area contributed by atoms with Crippen molar-refractivity contribution in [3.05, 3.63) is 59.7 Å². The van der Waals surface area contributed by atoms with Crippen LogP contribution in [0.1, 0.15) is 30.5 Å². The minimum absolute atomic E-state index is 0.00199. The van der Waals surface area contributed by atoms with Crippen molar-refractivity contribution >= 4 is 11.7 Å². The average molecular weight is 328 g/mol. The Morgan fingerprint density at radius 1 is 1.21 bits per heavy atom. The molecule has 0 saturated heterocycles. The number of anilines is 1. The molecule has 0 unspecified atom stereocenters. The second-order valence-corrected chi connectivity index (χ2v) is 5.49. The minimum atomic E-state index is -0.305. The van der Waals surface area contributed by atoms with Gasteiger partial charge >= 0.3 is 6.03 Å². The normalized spacial score (nSPS) is 11.6. The molecule has 0 spiro atoms. The summed E-state index contributed by atoms with van der Waals surface area (Å²) in [5.74, 6) is 0.811. The van der Waals surface area contributed by atoms with E-state index in [2.05, 4.69) is 10.6 Å². The molecule has 2 amide bonds. The van der Waals surface area contributed by atoms with Crippen LogP contribution in [0, 0.1) is 6.92 Å². The maximum atomic E-state index is 12.3. The molecule has 2 aromatic rings. The van der Waals surface area contributed by atoms with Gasteiger partial charge in [0.2, 0.25) is 0 Å². The third-order valence-electron chi connectivity index (χ3n) is 3.66. The first-order chi connectivity index (χ1) is 11.6. The Balaban J connectivity index is 2.02. The lowest BCUT2D eigenvalue weighted by Crippen LogP contribution is -2.33. The smallest absolute Gasteiger partial charge is 0.319 e. The van der Waals surface area contributed by atoms with Gasteiger partial charge in [0.15, 0.2) is 0 Å². The largest absolute Gasteiger partial charge is 0.494 e. The predicted molar refractivity (Wildman–Crippen MR) is 95.4 cm³/mol. The first-order valence-electron chi connectivity index (χ1n) is 8.10. The molecule has 5 heteroatoms. The van der Waals surface area contributed by atoms with Gasteiger partial charge in [0.25, 0.3) is 0 Å². The first-order valence-corrected chi connectivity index (χ1v) is 8.10. The zero-order valence-electron chi connectivity index (χ0n) is 14.1. The molecule has 0 bridgehead atoms. The van der Waals surface area contributed by atoms with Gasteiger partial charge in [-0.1, -0.05) is 30.3 Å². The van der Waals surface area contributed by atoms with Crippen molar-refractivity contribution in [3.63, 3.8) is 0 Å². The van der Waals surface area contributed by atoms with Crippen LogP contribution in [0.2, 0.25) is 0 Å². The maximum Gasteiger partial charge on any atom is 0.319 e. The van der Waals surface area contributed by atoms with Gasteiger partial charge in [0, 0.05) is 12.3 Å². The van der Waals surface area contributed by atoms with E-state index >= 15 is 0 Å². The van der Waals surface area contributed by atoms with Gasteiger partial charge in [0.05, 0.1) is 12.6 Å². The highest BCUT2D eigenvalue weighted by atomic mass is 16.5. The van der Waals surface area contributed by atoms with Gasteiger partial charge < -0.3 is 20.5 Å². The van der Waals surface area contributed by atoms with Crippen LogP contribution in [0.3, 0.4) is 0 Å². The zero-order valence-corrected chi connectivity index (χ0v) is 14.1. The Kier molecular flexibility index (Phi) is 6.63. The van der Waals surface area contributed by atoms with Gasteiger partial charge in [-0.2, -0.15) is 0 Å². The highest BCUT2D eigenvalue weighted by Crippen LogP contribution is 2.22. The lowest BCUT2D eigenvalue weighted by Gasteiger charge is -2.19. The summed E-state index contributed by atoms with van der Waals surface area (Å²) < 4.78 is 5.49. The van der Waals surface area contributed by atoms with E-state index in [-0.39, 0.29) is 18.7 Å². The molecule has 0 aliphatic carbocycles. The molecule has 5 nitrogen and oxygen atoms in total. The topological polar surface area (TPSA) is 70.6 Å². The number of carbonyl (C=O) groups excluding carboxylic acids is 1. The standard InChI is InChI=1S/C19H24N2O3/c1-3-24-18-10-9-16(13-14(18)2)20-19(23)21-17(11-12-22)15-7-5-4-6-8-15/h4-10,13,17,22H,3,11-12H2,1-2H3,(H2,20,21,23)/t17-/m1/s1. The third kappa shape index (κ3) is 4.99. The number of aryl methyl sites for hydroxylation is 1. The van der Waals surface area contributed by atoms with E-state index in [1.54, 1.807) is 6.07 Å². The Morgan fingerprint density at radius 2 is 1.96 bits per heavy atom. The number of ether oxygens (including phenoxy) is 1. The molecule has 2 aromatic carbocycles. The molecular weight excluding hydrogens is 304 g/mol. The maximum absolute atomic E-state index is 12.3. The van der Waals surface area contributed by atoms with E-state index in [0.717, 1.165) is 16.9 Å². The monoisotopic (exact) mass is 328 g/mol.